The molecule has 0 saturated carbocycles. The lowest BCUT2D eigenvalue weighted by Gasteiger charge is -2.08. The molecule has 1 heterocycles. The molecule has 7 nitrogen and oxygen atoms in total. The van der Waals surface area contributed by atoms with E-state index in [1.807, 2.05) is 35.7 Å². The summed E-state index contributed by atoms with van der Waals surface area (Å²) in [4.78, 5) is 16.7. The van der Waals surface area contributed by atoms with Gasteiger partial charge >= 0.3 is 0 Å². The summed E-state index contributed by atoms with van der Waals surface area (Å²) in [6.07, 6.45) is 0.895. The van der Waals surface area contributed by atoms with Gasteiger partial charge in [-0.15, -0.1) is 11.3 Å². The molecule has 0 fully saturated rings. The third-order valence-electron chi connectivity index (χ3n) is 4.16. The van der Waals surface area contributed by atoms with E-state index < -0.39 is 0 Å². The largest absolute Gasteiger partial charge is 0.497 e. The molecule has 3 N–H and O–H groups in total. The van der Waals surface area contributed by atoms with Crippen molar-refractivity contribution < 1.29 is 19.0 Å². The third-order valence-corrected chi connectivity index (χ3v) is 4.92. The van der Waals surface area contributed by atoms with Crippen LogP contribution in [0.25, 0.3) is 11.3 Å². The molecule has 1 aromatic heterocycles. The molecular weight excluding hydrogens is 390 g/mol. The van der Waals surface area contributed by atoms with Crippen molar-refractivity contribution in [2.75, 3.05) is 31.9 Å². The minimum atomic E-state index is -0.117. The number of thiazole rings is 1. The second kappa shape index (κ2) is 9.79. The summed E-state index contributed by atoms with van der Waals surface area (Å²) in [5.41, 5.74) is 7.92. The molecule has 0 radical (unpaired) electrons. The van der Waals surface area contributed by atoms with E-state index in [1.54, 1.807) is 26.4 Å². The zero-order valence-electron chi connectivity index (χ0n) is 16.3. The van der Waals surface area contributed by atoms with Gasteiger partial charge in [0.1, 0.15) is 17.2 Å². The van der Waals surface area contributed by atoms with E-state index in [4.69, 9.17) is 19.9 Å². The highest BCUT2D eigenvalue weighted by Gasteiger charge is 2.13. The number of anilines is 2. The molecular formula is C21H23N3O4S. The van der Waals surface area contributed by atoms with Crippen molar-refractivity contribution in [2.45, 2.75) is 12.8 Å². The summed E-state index contributed by atoms with van der Waals surface area (Å²) >= 11 is 1.36. The number of carbonyl (C=O) groups is 1. The second-order valence-corrected chi connectivity index (χ2v) is 7.00. The Bertz CT molecular complexity index is 974. The van der Waals surface area contributed by atoms with Gasteiger partial charge in [-0.05, 0) is 36.8 Å². The number of nitrogens with one attached hydrogen (secondary N) is 1. The lowest BCUT2D eigenvalue weighted by atomic mass is 10.1. The molecule has 3 rings (SSSR count). The van der Waals surface area contributed by atoms with E-state index in [0.29, 0.717) is 53.2 Å². The van der Waals surface area contributed by atoms with Gasteiger partial charge in [-0.3, -0.25) is 4.79 Å². The molecule has 8 heteroatoms. The fraction of sp³-hybridized carbons (Fsp3) is 0.238. The molecule has 0 aliphatic rings. The number of nitrogens with zero attached hydrogens (tertiary/aromatic N) is 1. The first-order valence-electron chi connectivity index (χ1n) is 9.05. The summed E-state index contributed by atoms with van der Waals surface area (Å²) in [7, 11) is 3.21. The highest BCUT2D eigenvalue weighted by molar-refractivity contribution is 7.14. The van der Waals surface area contributed by atoms with Crippen molar-refractivity contribution in [1.29, 1.82) is 0 Å². The number of carbonyl (C=O) groups excluding carboxylic acids is 1. The summed E-state index contributed by atoms with van der Waals surface area (Å²) in [5, 5.41) is 5.22. The Balaban J connectivity index is 1.53. The van der Waals surface area contributed by atoms with Crippen molar-refractivity contribution in [1.82, 2.24) is 4.98 Å². The smallest absolute Gasteiger partial charge is 0.226 e. The van der Waals surface area contributed by atoms with Gasteiger partial charge in [0.2, 0.25) is 5.91 Å². The van der Waals surface area contributed by atoms with E-state index in [2.05, 4.69) is 10.3 Å². The first-order valence-corrected chi connectivity index (χ1v) is 9.93. The van der Waals surface area contributed by atoms with E-state index >= 15 is 0 Å². The van der Waals surface area contributed by atoms with Crippen molar-refractivity contribution in [2.24, 2.45) is 0 Å². The van der Waals surface area contributed by atoms with Gasteiger partial charge in [0.15, 0.2) is 5.13 Å². The maximum Gasteiger partial charge on any atom is 0.226 e. The van der Waals surface area contributed by atoms with E-state index in [9.17, 15) is 4.79 Å². The number of para-hydroxylation sites is 2. The summed E-state index contributed by atoms with van der Waals surface area (Å²) < 4.78 is 16.3. The van der Waals surface area contributed by atoms with Crippen LogP contribution < -0.4 is 25.3 Å². The van der Waals surface area contributed by atoms with Gasteiger partial charge in [-0.1, -0.05) is 12.1 Å². The zero-order chi connectivity index (χ0) is 20.6. The summed E-state index contributed by atoms with van der Waals surface area (Å²) in [6.45, 7) is 0.408. The number of aromatic nitrogens is 1. The van der Waals surface area contributed by atoms with Crippen LogP contribution in [0.4, 0.5) is 10.8 Å². The number of nitrogens with two attached hydrogens (primary N) is 1. The molecule has 0 saturated heterocycles. The SMILES string of the molecule is COc1ccc(OC)c(-c2csc(NC(=O)CCCOc3ccccc3N)n2)c1. The van der Waals surface area contributed by atoms with Crippen LogP contribution in [0, 0.1) is 0 Å². The lowest BCUT2D eigenvalue weighted by molar-refractivity contribution is -0.116. The van der Waals surface area contributed by atoms with E-state index in [0.717, 1.165) is 5.56 Å². The predicted molar refractivity (Wildman–Crippen MR) is 115 cm³/mol. The Kier molecular flexibility index (Phi) is 6.91. The van der Waals surface area contributed by atoms with Crippen LogP contribution in [0.15, 0.2) is 47.8 Å². The van der Waals surface area contributed by atoms with Crippen LogP contribution in [0.1, 0.15) is 12.8 Å². The van der Waals surface area contributed by atoms with Crippen LogP contribution in [0.5, 0.6) is 17.2 Å². The normalized spacial score (nSPS) is 10.4. The molecule has 0 unspecified atom stereocenters. The fourth-order valence-electron chi connectivity index (χ4n) is 2.68. The number of benzene rings is 2. The Morgan fingerprint density at radius 3 is 2.72 bits per heavy atom. The van der Waals surface area contributed by atoms with Gasteiger partial charge < -0.3 is 25.3 Å². The number of rotatable bonds is 9. The molecule has 0 aliphatic heterocycles. The quantitative estimate of drug-likeness (QED) is 0.403. The molecule has 2 aromatic carbocycles. The van der Waals surface area contributed by atoms with Crippen LogP contribution in [-0.2, 0) is 4.79 Å². The van der Waals surface area contributed by atoms with Crippen LogP contribution >= 0.6 is 11.3 Å². The highest BCUT2D eigenvalue weighted by atomic mass is 32.1. The highest BCUT2D eigenvalue weighted by Crippen LogP contribution is 2.35. The molecule has 152 valence electrons. The minimum Gasteiger partial charge on any atom is -0.497 e. The Morgan fingerprint density at radius 2 is 1.97 bits per heavy atom. The molecule has 29 heavy (non-hydrogen) atoms. The average Bonchev–Trinajstić information content (AvgIpc) is 3.20. The number of ether oxygens (including phenoxy) is 3. The summed E-state index contributed by atoms with van der Waals surface area (Å²) in [5.74, 6) is 1.91. The second-order valence-electron chi connectivity index (χ2n) is 6.14. The van der Waals surface area contributed by atoms with Crippen LogP contribution in [-0.4, -0.2) is 31.7 Å². The maximum atomic E-state index is 12.2. The van der Waals surface area contributed by atoms with Crippen LogP contribution in [0.3, 0.4) is 0 Å². The van der Waals surface area contributed by atoms with Crippen molar-refractivity contribution in [3.8, 4) is 28.5 Å². The number of hydrogen-bond acceptors (Lipinski definition) is 7. The Morgan fingerprint density at radius 1 is 1.14 bits per heavy atom. The lowest BCUT2D eigenvalue weighted by Crippen LogP contribution is -2.12. The van der Waals surface area contributed by atoms with Crippen molar-refractivity contribution in [3.63, 3.8) is 0 Å². The Hall–Kier alpha value is -3.26. The number of hydrogen-bond donors (Lipinski definition) is 2. The van der Waals surface area contributed by atoms with Gasteiger partial charge in [-0.2, -0.15) is 0 Å². The summed E-state index contributed by atoms with van der Waals surface area (Å²) in [6, 6.07) is 12.8. The molecule has 0 atom stereocenters. The van der Waals surface area contributed by atoms with Crippen molar-refractivity contribution in [3.05, 3.63) is 47.8 Å². The van der Waals surface area contributed by atoms with E-state index in [-0.39, 0.29) is 5.91 Å². The standard InChI is InChI=1S/C21H23N3O4S/c1-26-14-9-10-18(27-2)15(12-14)17-13-29-21(23-17)24-20(25)8-5-11-28-19-7-4-3-6-16(19)22/h3-4,6-7,9-10,12-13H,5,8,11,22H2,1-2H3,(H,23,24,25). The number of nitrogen functional groups attached to an aromatic ring is 1. The third kappa shape index (κ3) is 5.39. The first-order chi connectivity index (χ1) is 14.1. The molecule has 3 aromatic rings. The first kappa shape index (κ1) is 20.5. The monoisotopic (exact) mass is 413 g/mol. The van der Waals surface area contributed by atoms with Gasteiger partial charge in [0.05, 0.1) is 32.2 Å². The maximum absolute atomic E-state index is 12.2. The van der Waals surface area contributed by atoms with E-state index in [1.165, 1.54) is 11.3 Å². The van der Waals surface area contributed by atoms with Crippen molar-refractivity contribution >= 4 is 28.1 Å². The van der Waals surface area contributed by atoms with Gasteiger partial charge in [-0.25, -0.2) is 4.98 Å². The molecule has 0 spiro atoms. The average molecular weight is 413 g/mol. The minimum absolute atomic E-state index is 0.117. The zero-order valence-corrected chi connectivity index (χ0v) is 17.1. The van der Waals surface area contributed by atoms with Crippen LogP contribution in [0.2, 0.25) is 0 Å². The topological polar surface area (TPSA) is 95.7 Å². The van der Waals surface area contributed by atoms with Gasteiger partial charge in [0.25, 0.3) is 0 Å². The van der Waals surface area contributed by atoms with Gasteiger partial charge in [0, 0.05) is 17.4 Å². The fourth-order valence-corrected chi connectivity index (χ4v) is 3.40. The molecule has 0 bridgehead atoms. The molecule has 0 aliphatic carbocycles. The number of amides is 1. The predicted octanol–water partition coefficient (Wildman–Crippen LogP) is 4.21. The Labute approximate surface area is 173 Å². The number of methoxy groups -OCH3 is 2. The molecule has 1 amide bonds.